The number of nitrogens with two attached hydrogens (primary N) is 1. The fourth-order valence-electron chi connectivity index (χ4n) is 2.99. The molecule has 9 heteroatoms. The predicted molar refractivity (Wildman–Crippen MR) is 97.3 cm³/mol. The maximum absolute atomic E-state index is 13.5. The van der Waals surface area contributed by atoms with Crippen molar-refractivity contribution in [1.29, 1.82) is 0 Å². The first kappa shape index (κ1) is 19.2. The fraction of sp³-hybridized carbons (Fsp3) is 0.278. The van der Waals surface area contributed by atoms with Gasteiger partial charge >= 0.3 is 0 Å². The summed E-state index contributed by atoms with van der Waals surface area (Å²) in [6.45, 7) is 3.23. The van der Waals surface area contributed by atoms with E-state index in [1.165, 1.54) is 12.4 Å². The van der Waals surface area contributed by atoms with Crippen LogP contribution in [0, 0.1) is 0 Å². The number of anilines is 1. The van der Waals surface area contributed by atoms with Gasteiger partial charge in [0.15, 0.2) is 5.82 Å². The van der Waals surface area contributed by atoms with Crippen molar-refractivity contribution in [3.05, 3.63) is 53.8 Å². The lowest BCUT2D eigenvalue weighted by Crippen LogP contribution is -2.53. The molecule has 2 heterocycles. The summed E-state index contributed by atoms with van der Waals surface area (Å²) in [4.78, 5) is 21.7. The standard InChI is InChI=1S/C18H17ClF2N4O2/c1-2-16(26)25-14(8-27-9-15(25)17(20)21)10-3-11(5-12(19)4-10)18-23-6-13(22)7-24-18/h2-7,14-15,17H,1,8-9,22H2/t14-,15?/m0/s1. The fourth-order valence-corrected chi connectivity index (χ4v) is 3.23. The van der Waals surface area contributed by atoms with Crippen LogP contribution in [0.3, 0.4) is 0 Å². The van der Waals surface area contributed by atoms with Crippen molar-refractivity contribution in [2.75, 3.05) is 18.9 Å². The number of nitrogen functional groups attached to an aromatic ring is 1. The second-order valence-corrected chi connectivity index (χ2v) is 6.45. The molecule has 1 aromatic heterocycles. The van der Waals surface area contributed by atoms with Gasteiger partial charge in [0.1, 0.15) is 6.04 Å². The molecule has 1 amide bonds. The summed E-state index contributed by atoms with van der Waals surface area (Å²) in [7, 11) is 0. The van der Waals surface area contributed by atoms with Crippen molar-refractivity contribution in [3.8, 4) is 11.4 Å². The summed E-state index contributed by atoms with van der Waals surface area (Å²) in [5, 5.41) is 0.355. The summed E-state index contributed by atoms with van der Waals surface area (Å²) in [5.74, 6) is -0.226. The van der Waals surface area contributed by atoms with Crippen LogP contribution in [0.5, 0.6) is 0 Å². The highest BCUT2D eigenvalue weighted by atomic mass is 35.5. The summed E-state index contributed by atoms with van der Waals surface area (Å²) in [6.07, 6.45) is 1.16. The number of carbonyl (C=O) groups is 1. The molecule has 0 bridgehead atoms. The lowest BCUT2D eigenvalue weighted by atomic mass is 9.99. The second kappa shape index (κ2) is 7.98. The first-order valence-electron chi connectivity index (χ1n) is 8.09. The van der Waals surface area contributed by atoms with Gasteiger partial charge in [0, 0.05) is 10.6 Å². The van der Waals surface area contributed by atoms with Crippen LogP contribution in [-0.2, 0) is 9.53 Å². The lowest BCUT2D eigenvalue weighted by molar-refractivity contribution is -0.151. The topological polar surface area (TPSA) is 81.3 Å². The Bertz CT molecular complexity index is 848. The zero-order valence-electron chi connectivity index (χ0n) is 14.2. The Kier molecular flexibility index (Phi) is 5.67. The third-order valence-electron chi connectivity index (χ3n) is 4.21. The van der Waals surface area contributed by atoms with Crippen LogP contribution in [0.1, 0.15) is 11.6 Å². The smallest absolute Gasteiger partial charge is 0.260 e. The average molecular weight is 395 g/mol. The van der Waals surface area contributed by atoms with E-state index in [0.717, 1.165) is 11.0 Å². The minimum absolute atomic E-state index is 0.0607. The monoisotopic (exact) mass is 394 g/mol. The number of morpholine rings is 1. The molecule has 1 aliphatic heterocycles. The van der Waals surface area contributed by atoms with Gasteiger partial charge in [-0.15, -0.1) is 0 Å². The zero-order valence-corrected chi connectivity index (χ0v) is 14.9. The van der Waals surface area contributed by atoms with E-state index in [1.807, 2.05) is 0 Å². The number of nitrogens with zero attached hydrogens (tertiary/aromatic N) is 3. The van der Waals surface area contributed by atoms with E-state index in [-0.39, 0.29) is 13.2 Å². The van der Waals surface area contributed by atoms with E-state index in [2.05, 4.69) is 16.5 Å². The molecule has 1 unspecified atom stereocenters. The van der Waals surface area contributed by atoms with Gasteiger partial charge in [-0.1, -0.05) is 18.2 Å². The highest BCUT2D eigenvalue weighted by Crippen LogP contribution is 2.34. The van der Waals surface area contributed by atoms with Crippen molar-refractivity contribution in [2.45, 2.75) is 18.5 Å². The van der Waals surface area contributed by atoms with Crippen LogP contribution in [0.4, 0.5) is 14.5 Å². The van der Waals surface area contributed by atoms with Gasteiger partial charge in [-0.25, -0.2) is 18.7 Å². The normalized spacial score (nSPS) is 19.9. The van der Waals surface area contributed by atoms with Crippen molar-refractivity contribution in [3.63, 3.8) is 0 Å². The molecule has 1 aliphatic rings. The Balaban J connectivity index is 2.04. The number of hydrogen-bond donors (Lipinski definition) is 1. The van der Waals surface area contributed by atoms with Crippen LogP contribution in [0.2, 0.25) is 5.02 Å². The highest BCUT2D eigenvalue weighted by molar-refractivity contribution is 6.31. The van der Waals surface area contributed by atoms with Crippen molar-refractivity contribution >= 4 is 23.2 Å². The molecule has 6 nitrogen and oxygen atoms in total. The van der Waals surface area contributed by atoms with Gasteiger partial charge in [-0.05, 0) is 29.8 Å². The summed E-state index contributed by atoms with van der Waals surface area (Å²) in [6, 6.07) is 2.83. The van der Waals surface area contributed by atoms with Crippen molar-refractivity contribution in [2.24, 2.45) is 0 Å². The molecule has 27 heavy (non-hydrogen) atoms. The number of halogens is 3. The molecule has 2 atom stereocenters. The highest BCUT2D eigenvalue weighted by Gasteiger charge is 2.39. The zero-order chi connectivity index (χ0) is 19.6. The van der Waals surface area contributed by atoms with Gasteiger partial charge in [0.05, 0.1) is 37.3 Å². The third kappa shape index (κ3) is 4.06. The molecule has 0 aliphatic carbocycles. The summed E-state index contributed by atoms with van der Waals surface area (Å²) >= 11 is 6.22. The van der Waals surface area contributed by atoms with Gasteiger partial charge < -0.3 is 15.4 Å². The van der Waals surface area contributed by atoms with E-state index in [4.69, 9.17) is 22.1 Å². The first-order valence-corrected chi connectivity index (χ1v) is 8.47. The van der Waals surface area contributed by atoms with Crippen LogP contribution >= 0.6 is 11.6 Å². The Morgan fingerprint density at radius 3 is 2.67 bits per heavy atom. The molecule has 0 saturated carbocycles. The van der Waals surface area contributed by atoms with Gasteiger partial charge in [0.2, 0.25) is 5.91 Å². The number of rotatable bonds is 4. The maximum Gasteiger partial charge on any atom is 0.260 e. The van der Waals surface area contributed by atoms with E-state index in [9.17, 15) is 13.6 Å². The Hall–Kier alpha value is -2.58. The number of amides is 1. The molecule has 2 aromatic rings. The number of benzene rings is 1. The number of carbonyl (C=O) groups excluding carboxylic acids is 1. The second-order valence-electron chi connectivity index (χ2n) is 6.02. The minimum Gasteiger partial charge on any atom is -0.396 e. The number of ether oxygens (including phenoxy) is 1. The summed E-state index contributed by atoms with van der Waals surface area (Å²) < 4.78 is 32.2. The van der Waals surface area contributed by atoms with E-state index < -0.39 is 24.4 Å². The third-order valence-corrected chi connectivity index (χ3v) is 4.43. The molecule has 0 spiro atoms. The van der Waals surface area contributed by atoms with Crippen molar-refractivity contribution in [1.82, 2.24) is 14.9 Å². The van der Waals surface area contributed by atoms with E-state index in [0.29, 0.717) is 27.7 Å². The first-order chi connectivity index (χ1) is 12.9. The minimum atomic E-state index is -2.75. The van der Waals surface area contributed by atoms with E-state index >= 15 is 0 Å². The predicted octanol–water partition coefficient (Wildman–Crippen LogP) is 3.10. The summed E-state index contributed by atoms with van der Waals surface area (Å²) in [5.41, 5.74) is 7.12. The maximum atomic E-state index is 13.5. The van der Waals surface area contributed by atoms with Crippen LogP contribution in [0.15, 0.2) is 43.2 Å². The van der Waals surface area contributed by atoms with Crippen LogP contribution < -0.4 is 5.73 Å². The van der Waals surface area contributed by atoms with Gasteiger partial charge in [-0.3, -0.25) is 4.79 Å². The average Bonchev–Trinajstić information content (AvgIpc) is 2.66. The Morgan fingerprint density at radius 1 is 1.33 bits per heavy atom. The molecule has 0 radical (unpaired) electrons. The SMILES string of the molecule is C=CC(=O)N1C(C(F)F)COC[C@H]1c1cc(Cl)cc(-c2ncc(N)cn2)c1. The Labute approximate surface area is 159 Å². The number of hydrogen-bond acceptors (Lipinski definition) is 5. The molecule has 1 saturated heterocycles. The molecule has 1 aromatic carbocycles. The van der Waals surface area contributed by atoms with Crippen LogP contribution in [0.25, 0.3) is 11.4 Å². The molecule has 3 rings (SSSR count). The Morgan fingerprint density at radius 2 is 2.04 bits per heavy atom. The van der Waals surface area contributed by atoms with E-state index in [1.54, 1.807) is 18.2 Å². The van der Waals surface area contributed by atoms with Crippen LogP contribution in [-0.4, -0.2) is 46.5 Å². The molecule has 2 N–H and O–H groups in total. The molecular formula is C18H17ClF2N4O2. The van der Waals surface area contributed by atoms with Crippen molar-refractivity contribution < 1.29 is 18.3 Å². The lowest BCUT2D eigenvalue weighted by Gasteiger charge is -2.41. The number of alkyl halides is 2. The van der Waals surface area contributed by atoms with Gasteiger partial charge in [0.25, 0.3) is 6.43 Å². The largest absolute Gasteiger partial charge is 0.396 e. The number of aromatic nitrogens is 2. The molecular weight excluding hydrogens is 378 g/mol. The molecule has 1 fully saturated rings. The van der Waals surface area contributed by atoms with Gasteiger partial charge in [-0.2, -0.15) is 0 Å². The quantitative estimate of drug-likeness (QED) is 0.806. The molecule has 142 valence electrons.